The van der Waals surface area contributed by atoms with Gasteiger partial charge in [0.25, 0.3) is 0 Å². The number of rotatable bonds is 5. The van der Waals surface area contributed by atoms with E-state index in [2.05, 4.69) is 10.1 Å². The molecule has 10 heavy (non-hydrogen) atoms. The summed E-state index contributed by atoms with van der Waals surface area (Å²) < 4.78 is 16.6. The Morgan fingerprint density at radius 2 is 2.00 bits per heavy atom. The molecule has 0 spiro atoms. The summed E-state index contributed by atoms with van der Waals surface area (Å²) in [5.41, 5.74) is 0. The first-order chi connectivity index (χ1) is 4.63. The van der Waals surface area contributed by atoms with Gasteiger partial charge in [-0.05, 0) is 6.92 Å². The molecule has 0 aromatic rings. The van der Waals surface area contributed by atoms with Crippen LogP contribution >= 0.6 is 0 Å². The second kappa shape index (κ2) is 5.62. The van der Waals surface area contributed by atoms with Gasteiger partial charge in [-0.2, -0.15) is 0 Å². The van der Waals surface area contributed by atoms with E-state index < -0.39 is 6.36 Å². The molecule has 0 aromatic heterocycles. The average molecular weight is 149 g/mol. The van der Waals surface area contributed by atoms with Gasteiger partial charge in [0.15, 0.2) is 6.36 Å². The smallest absolute Gasteiger partial charge is 0.195 e. The lowest BCUT2D eigenvalue weighted by Gasteiger charge is -2.08. The maximum atomic E-state index is 12.0. The van der Waals surface area contributed by atoms with Crippen molar-refractivity contribution < 1.29 is 9.13 Å². The number of hydrogen-bond donors (Lipinski definition) is 1. The average Bonchev–Trinajstić information content (AvgIpc) is 1.79. The molecule has 0 rings (SSSR count). The molecule has 0 aliphatic carbocycles. The first kappa shape index (κ1) is 9.85. The fraction of sp³-hybridized carbons (Fsp3) is 1.00. The Bertz CT molecular complexity index is 66.0. The Morgan fingerprint density at radius 3 is 2.40 bits per heavy atom. The number of halogens is 1. The minimum Gasteiger partial charge on any atom is -0.347 e. The van der Waals surface area contributed by atoms with Crippen molar-refractivity contribution in [3.05, 3.63) is 0 Å². The van der Waals surface area contributed by atoms with Gasteiger partial charge in [-0.3, -0.25) is 0 Å². The van der Waals surface area contributed by atoms with Crippen molar-refractivity contribution in [2.75, 3.05) is 13.2 Å². The fourth-order valence-electron chi connectivity index (χ4n) is 0.569. The first-order valence-electron chi connectivity index (χ1n) is 3.62. The van der Waals surface area contributed by atoms with E-state index in [-0.39, 0.29) is 0 Å². The molecule has 2 nitrogen and oxygen atoms in total. The second-order valence-electron chi connectivity index (χ2n) is 2.52. The predicted octanol–water partition coefficient (Wildman–Crippen LogP) is 1.32. The molecule has 1 unspecified atom stereocenters. The maximum absolute atomic E-state index is 12.0. The molecular formula is C7H16FNO. The largest absolute Gasteiger partial charge is 0.347 e. The van der Waals surface area contributed by atoms with Crippen LogP contribution in [0, 0.1) is 0 Å². The van der Waals surface area contributed by atoms with Crippen molar-refractivity contribution in [3.63, 3.8) is 0 Å². The number of nitrogens with one attached hydrogen (secondary N) is 1. The number of ether oxygens (including phenoxy) is 1. The first-order valence-corrected chi connectivity index (χ1v) is 3.62. The van der Waals surface area contributed by atoms with E-state index in [1.807, 2.05) is 13.8 Å². The monoisotopic (exact) mass is 149 g/mol. The fourth-order valence-corrected chi connectivity index (χ4v) is 0.569. The maximum Gasteiger partial charge on any atom is 0.195 e. The van der Waals surface area contributed by atoms with Gasteiger partial charge in [-0.1, -0.05) is 13.8 Å². The van der Waals surface area contributed by atoms with Gasteiger partial charge < -0.3 is 10.1 Å². The van der Waals surface area contributed by atoms with Crippen LogP contribution < -0.4 is 5.32 Å². The molecule has 0 fully saturated rings. The molecule has 0 aromatic carbocycles. The zero-order valence-corrected chi connectivity index (χ0v) is 6.86. The molecule has 0 bridgehead atoms. The minimum atomic E-state index is -1.14. The third kappa shape index (κ3) is 7.85. The third-order valence-electron chi connectivity index (χ3n) is 1.00. The Labute approximate surface area is 61.8 Å². The summed E-state index contributed by atoms with van der Waals surface area (Å²) in [6.45, 7) is 6.62. The van der Waals surface area contributed by atoms with Crippen molar-refractivity contribution in [2.24, 2.45) is 0 Å². The molecule has 0 saturated carbocycles. The topological polar surface area (TPSA) is 21.3 Å². The van der Waals surface area contributed by atoms with Crippen molar-refractivity contribution in [2.45, 2.75) is 33.2 Å². The minimum absolute atomic E-state index is 0.440. The quantitative estimate of drug-likeness (QED) is 0.595. The van der Waals surface area contributed by atoms with E-state index in [1.54, 1.807) is 0 Å². The molecule has 1 N–H and O–H groups in total. The summed E-state index contributed by atoms with van der Waals surface area (Å²) in [5.74, 6) is 0. The Hall–Kier alpha value is -0.150. The van der Waals surface area contributed by atoms with Crippen molar-refractivity contribution in [1.82, 2.24) is 5.32 Å². The highest BCUT2D eigenvalue weighted by Crippen LogP contribution is 1.88. The molecule has 62 valence electrons. The molecule has 1 atom stereocenters. The van der Waals surface area contributed by atoms with E-state index in [0.29, 0.717) is 19.2 Å². The molecule has 0 aliphatic heterocycles. The third-order valence-corrected chi connectivity index (χ3v) is 1.00. The van der Waals surface area contributed by atoms with Crippen molar-refractivity contribution in [3.8, 4) is 0 Å². The Balaban J connectivity index is 2.91. The van der Waals surface area contributed by atoms with E-state index in [9.17, 15) is 4.39 Å². The zero-order valence-electron chi connectivity index (χ0n) is 6.86. The molecule has 0 heterocycles. The summed E-state index contributed by atoms with van der Waals surface area (Å²) in [7, 11) is 0. The van der Waals surface area contributed by atoms with Gasteiger partial charge in [-0.15, -0.1) is 0 Å². The van der Waals surface area contributed by atoms with Crippen LogP contribution in [0.2, 0.25) is 0 Å². The SMILES string of the molecule is CC(C)NCCOC(C)F. The summed E-state index contributed by atoms with van der Waals surface area (Å²) in [6.07, 6.45) is -1.14. The van der Waals surface area contributed by atoms with Gasteiger partial charge in [0.05, 0.1) is 6.61 Å². The normalized spacial score (nSPS) is 14.1. The molecule has 0 amide bonds. The van der Waals surface area contributed by atoms with Crippen molar-refractivity contribution in [1.29, 1.82) is 0 Å². The summed E-state index contributed by atoms with van der Waals surface area (Å²) in [5, 5.41) is 3.11. The van der Waals surface area contributed by atoms with Crippen LogP contribution in [0.25, 0.3) is 0 Å². The number of hydrogen-bond acceptors (Lipinski definition) is 2. The summed E-state index contributed by atoms with van der Waals surface area (Å²) in [4.78, 5) is 0. The standard InChI is InChI=1S/C7H16FNO/c1-6(2)9-4-5-10-7(3)8/h6-7,9H,4-5H2,1-3H3. The van der Waals surface area contributed by atoms with E-state index in [0.717, 1.165) is 0 Å². The molecule has 0 aliphatic rings. The molecule has 0 saturated heterocycles. The zero-order chi connectivity index (χ0) is 7.98. The lowest BCUT2D eigenvalue weighted by molar-refractivity contribution is -0.0228. The molecule has 3 heteroatoms. The lowest BCUT2D eigenvalue weighted by atomic mass is 10.4. The van der Waals surface area contributed by atoms with Crippen LogP contribution in [-0.2, 0) is 4.74 Å². The second-order valence-corrected chi connectivity index (χ2v) is 2.52. The molecular weight excluding hydrogens is 133 g/mol. The van der Waals surface area contributed by atoms with E-state index >= 15 is 0 Å². The predicted molar refractivity (Wildman–Crippen MR) is 39.7 cm³/mol. The van der Waals surface area contributed by atoms with Crippen LogP contribution in [-0.4, -0.2) is 25.6 Å². The Morgan fingerprint density at radius 1 is 1.40 bits per heavy atom. The number of alkyl halides is 1. The highest BCUT2D eigenvalue weighted by molar-refractivity contribution is 4.50. The van der Waals surface area contributed by atoms with Crippen LogP contribution in [0.4, 0.5) is 4.39 Å². The van der Waals surface area contributed by atoms with Crippen LogP contribution in [0.5, 0.6) is 0 Å². The van der Waals surface area contributed by atoms with Gasteiger partial charge in [-0.25, -0.2) is 4.39 Å². The Kier molecular flexibility index (Phi) is 5.54. The summed E-state index contributed by atoms with van der Waals surface area (Å²) in [6, 6.07) is 0.443. The van der Waals surface area contributed by atoms with Crippen LogP contribution in [0.15, 0.2) is 0 Å². The summed E-state index contributed by atoms with van der Waals surface area (Å²) >= 11 is 0. The van der Waals surface area contributed by atoms with Gasteiger partial charge >= 0.3 is 0 Å². The molecule has 0 radical (unpaired) electrons. The van der Waals surface area contributed by atoms with Gasteiger partial charge in [0.2, 0.25) is 0 Å². The van der Waals surface area contributed by atoms with Crippen LogP contribution in [0.3, 0.4) is 0 Å². The lowest BCUT2D eigenvalue weighted by Crippen LogP contribution is -2.27. The highest BCUT2D eigenvalue weighted by atomic mass is 19.1. The van der Waals surface area contributed by atoms with Crippen LogP contribution in [0.1, 0.15) is 20.8 Å². The van der Waals surface area contributed by atoms with E-state index in [4.69, 9.17) is 0 Å². The van der Waals surface area contributed by atoms with Gasteiger partial charge in [0.1, 0.15) is 0 Å². The van der Waals surface area contributed by atoms with Gasteiger partial charge in [0, 0.05) is 12.6 Å². The van der Waals surface area contributed by atoms with Crippen molar-refractivity contribution >= 4 is 0 Å². The van der Waals surface area contributed by atoms with E-state index in [1.165, 1.54) is 6.92 Å². The highest BCUT2D eigenvalue weighted by Gasteiger charge is 1.96.